The lowest BCUT2D eigenvalue weighted by Gasteiger charge is -2.07. The van der Waals surface area contributed by atoms with Gasteiger partial charge in [-0.05, 0) is 48.7 Å². The Bertz CT molecular complexity index is 1670. The van der Waals surface area contributed by atoms with Crippen LogP contribution in [0.15, 0.2) is 50.8 Å². The monoisotopic (exact) mass is 1410 g/mol. The highest BCUT2D eigenvalue weighted by molar-refractivity contribution is 8.46. The van der Waals surface area contributed by atoms with Crippen LogP contribution >= 0.6 is 188 Å². The maximum atomic E-state index is 6.44. The molecule has 5 rings (SSSR count). The Kier molecular flexibility index (Phi) is 48.9. The summed E-state index contributed by atoms with van der Waals surface area (Å²) >= 11 is 33.0. The predicted molar refractivity (Wildman–Crippen MR) is 405 cm³/mol. The van der Waals surface area contributed by atoms with Crippen molar-refractivity contribution in [3.63, 3.8) is 0 Å². The van der Waals surface area contributed by atoms with Crippen LogP contribution in [0.2, 0.25) is 0 Å². The standard InChI is InChI=1S/C62H104O3S16/c1-5-9-13-17-21-25-29-33-43-66-51-52(67-44-34-30-26-22-18-14-10-6-2)75-59(74-51)61-78-55-57(80-61)72-49-41-65-42-50-73-58-56(71-48-40-64-38-37-63-39-47-70-55)79-62(81-58)60-76-53(68-45-35-31-27-23-19-15-11-7-3)54(77-60)69-46-36-32-28-24-20-16-12-8-4/h5-50H2,1-4H3. The van der Waals surface area contributed by atoms with Crippen LogP contribution in [-0.4, -0.2) is 85.7 Å². The minimum absolute atomic E-state index is 0.656. The van der Waals surface area contributed by atoms with Crippen LogP contribution in [0.5, 0.6) is 0 Å². The third kappa shape index (κ3) is 35.0. The Labute approximate surface area is 565 Å². The van der Waals surface area contributed by atoms with E-state index in [1.54, 1.807) is 16.9 Å². The highest BCUT2D eigenvalue weighted by atomic mass is 32.3. The summed E-state index contributed by atoms with van der Waals surface area (Å²) in [6.07, 6.45) is 44.3. The first kappa shape index (κ1) is 75.6. The van der Waals surface area contributed by atoms with Crippen molar-refractivity contribution in [2.24, 2.45) is 0 Å². The Hall–Kier alpha value is 3.92. The maximum Gasteiger partial charge on any atom is 0.0717 e. The van der Waals surface area contributed by atoms with Crippen molar-refractivity contribution >= 4 is 188 Å². The molecule has 0 fully saturated rings. The van der Waals surface area contributed by atoms with Gasteiger partial charge in [-0.1, -0.05) is 302 Å². The number of hydrogen-bond acceptors (Lipinski definition) is 19. The summed E-state index contributed by atoms with van der Waals surface area (Å²) in [5, 5.41) is 0. The van der Waals surface area contributed by atoms with Gasteiger partial charge in [0.2, 0.25) is 0 Å². The van der Waals surface area contributed by atoms with E-state index in [1.807, 2.05) is 94.1 Å². The molecule has 0 spiro atoms. The Balaban J connectivity index is 1.12. The summed E-state index contributed by atoms with van der Waals surface area (Å²) in [5.41, 5.74) is 0. The summed E-state index contributed by atoms with van der Waals surface area (Å²) in [6, 6.07) is 0. The van der Waals surface area contributed by atoms with E-state index in [9.17, 15) is 0 Å². The molecule has 3 nitrogen and oxygen atoms in total. The molecule has 0 aromatic heterocycles. The quantitative estimate of drug-likeness (QED) is 0.0545. The fraction of sp³-hybridized carbons (Fsp3) is 0.806. The molecule has 0 aliphatic carbocycles. The molecular formula is C62H104O3S16. The van der Waals surface area contributed by atoms with Gasteiger partial charge in [0.25, 0.3) is 0 Å². The molecule has 5 heterocycles. The Morgan fingerprint density at radius 2 is 0.432 bits per heavy atom. The van der Waals surface area contributed by atoms with Crippen molar-refractivity contribution in [2.45, 2.75) is 233 Å². The number of rotatable bonds is 40. The van der Waals surface area contributed by atoms with E-state index >= 15 is 0 Å². The second-order valence-electron chi connectivity index (χ2n) is 20.8. The van der Waals surface area contributed by atoms with Gasteiger partial charge in [0, 0.05) is 23.0 Å². The molecule has 0 atom stereocenters. The molecule has 0 N–H and O–H groups in total. The van der Waals surface area contributed by atoms with E-state index < -0.39 is 0 Å². The van der Waals surface area contributed by atoms with Crippen molar-refractivity contribution in [1.29, 1.82) is 0 Å². The highest BCUT2D eigenvalue weighted by Crippen LogP contribution is 2.68. The maximum absolute atomic E-state index is 6.44. The minimum atomic E-state index is 0.656. The lowest BCUT2D eigenvalue weighted by atomic mass is 10.1. The van der Waals surface area contributed by atoms with Gasteiger partial charge < -0.3 is 14.2 Å². The van der Waals surface area contributed by atoms with E-state index in [0.717, 1.165) is 49.4 Å². The molecule has 5 aliphatic rings. The average molecular weight is 1410 g/mol. The number of ether oxygens (including phenoxy) is 3. The van der Waals surface area contributed by atoms with Gasteiger partial charge in [-0.3, -0.25) is 0 Å². The third-order valence-corrected chi connectivity index (χ3v) is 37.0. The molecule has 0 aromatic rings. The van der Waals surface area contributed by atoms with Crippen LogP contribution in [0.25, 0.3) is 0 Å². The molecule has 466 valence electrons. The van der Waals surface area contributed by atoms with Gasteiger partial charge in [-0.15, -0.1) is 94.1 Å². The van der Waals surface area contributed by atoms with Crippen LogP contribution in [-0.2, 0) is 14.2 Å². The number of unbranched alkanes of at least 4 members (excludes halogenated alkanes) is 28. The molecule has 5 aliphatic heterocycles. The van der Waals surface area contributed by atoms with Crippen LogP contribution in [0.4, 0.5) is 0 Å². The molecular weight excluding hydrogens is 1310 g/mol. The summed E-state index contributed by atoms with van der Waals surface area (Å²) in [7, 11) is 0. The van der Waals surface area contributed by atoms with E-state index in [2.05, 4.69) is 122 Å². The van der Waals surface area contributed by atoms with Crippen molar-refractivity contribution in [1.82, 2.24) is 0 Å². The SMILES string of the molecule is CCCCCCCCCCSC1=C(SCCCCCCCCCC)SC(=C2SC3=C(SCCOCCSC4=C(SCCOCCOCCS3)SC(=C3SC(SCCCCCCCCCC)=C(SCCCCCCCCCC)S3)S4)S2)S1. The van der Waals surface area contributed by atoms with Crippen LogP contribution in [0, 0.1) is 0 Å². The molecule has 19 heteroatoms. The molecule has 0 amide bonds. The molecule has 0 unspecified atom stereocenters. The lowest BCUT2D eigenvalue weighted by molar-refractivity contribution is 0.0605. The van der Waals surface area contributed by atoms with E-state index in [1.165, 1.54) is 262 Å². The van der Waals surface area contributed by atoms with Gasteiger partial charge in [-0.25, -0.2) is 0 Å². The summed E-state index contributed by atoms with van der Waals surface area (Å²) in [5.74, 6) is 8.88. The molecule has 0 bridgehead atoms. The molecule has 81 heavy (non-hydrogen) atoms. The molecule has 0 saturated heterocycles. The predicted octanol–water partition coefficient (Wildman–Crippen LogP) is 27.2. The first-order valence-corrected chi connectivity index (χ1v) is 46.2. The van der Waals surface area contributed by atoms with Crippen LogP contribution in [0.3, 0.4) is 0 Å². The normalized spacial score (nSPS) is 18.8. The summed E-state index contributed by atoms with van der Waals surface area (Å²) < 4.78 is 36.9. The fourth-order valence-corrected chi connectivity index (χ4v) is 32.9. The number of thioether (sulfide) groups is 16. The van der Waals surface area contributed by atoms with E-state index in [-0.39, 0.29) is 0 Å². The third-order valence-electron chi connectivity index (χ3n) is 13.6. The second-order valence-corrected chi connectivity index (χ2v) is 40.9. The first-order chi connectivity index (χ1) is 40.1. The topological polar surface area (TPSA) is 27.7 Å². The van der Waals surface area contributed by atoms with E-state index in [4.69, 9.17) is 14.2 Å². The summed E-state index contributed by atoms with van der Waals surface area (Å²) in [6.45, 7) is 13.6. The zero-order valence-electron chi connectivity index (χ0n) is 50.3. The summed E-state index contributed by atoms with van der Waals surface area (Å²) in [4.78, 5) is 0. The van der Waals surface area contributed by atoms with E-state index in [0.29, 0.717) is 13.2 Å². The molecule has 0 radical (unpaired) electrons. The van der Waals surface area contributed by atoms with Crippen LogP contribution in [0.1, 0.15) is 233 Å². The largest absolute Gasteiger partial charge is 0.380 e. The fourth-order valence-electron chi connectivity index (χ4n) is 8.93. The smallest absolute Gasteiger partial charge is 0.0717 e. The van der Waals surface area contributed by atoms with Gasteiger partial charge in [0.1, 0.15) is 0 Å². The van der Waals surface area contributed by atoms with Gasteiger partial charge >= 0.3 is 0 Å². The lowest BCUT2D eigenvalue weighted by Crippen LogP contribution is -2.08. The molecule has 0 aromatic carbocycles. The minimum Gasteiger partial charge on any atom is -0.380 e. The van der Waals surface area contributed by atoms with Crippen LogP contribution < -0.4 is 0 Å². The van der Waals surface area contributed by atoms with Gasteiger partial charge in [0.05, 0.1) is 90.5 Å². The Morgan fingerprint density at radius 1 is 0.235 bits per heavy atom. The second kappa shape index (κ2) is 52.4. The number of hydrogen-bond donors (Lipinski definition) is 0. The van der Waals surface area contributed by atoms with Crippen molar-refractivity contribution in [3.05, 3.63) is 50.8 Å². The molecule has 0 saturated carbocycles. The van der Waals surface area contributed by atoms with Crippen molar-refractivity contribution in [2.75, 3.05) is 85.7 Å². The Morgan fingerprint density at radius 3 is 0.667 bits per heavy atom. The first-order valence-electron chi connectivity index (χ1n) is 31.8. The van der Waals surface area contributed by atoms with Crippen molar-refractivity contribution in [3.8, 4) is 0 Å². The zero-order chi connectivity index (χ0) is 56.9. The van der Waals surface area contributed by atoms with Gasteiger partial charge in [0.15, 0.2) is 0 Å². The van der Waals surface area contributed by atoms with Gasteiger partial charge in [-0.2, -0.15) is 0 Å². The zero-order valence-corrected chi connectivity index (χ0v) is 63.3. The highest BCUT2D eigenvalue weighted by Gasteiger charge is 2.33. The average Bonchev–Trinajstić information content (AvgIpc) is 4.41. The van der Waals surface area contributed by atoms with Crippen molar-refractivity contribution < 1.29 is 14.2 Å².